The molecule has 1 aliphatic rings. The van der Waals surface area contributed by atoms with Gasteiger partial charge in [-0.1, -0.05) is 11.5 Å². The molecule has 0 unspecified atom stereocenters. The Morgan fingerprint density at radius 3 is 3.00 bits per heavy atom. The van der Waals surface area contributed by atoms with E-state index in [2.05, 4.69) is 9.98 Å². The molecule has 4 nitrogen and oxygen atoms in total. The Hall–Kier alpha value is -1.52. The molecule has 0 saturated carbocycles. The Bertz CT molecular complexity index is 577. The van der Waals surface area contributed by atoms with Crippen LogP contribution in [-0.4, -0.2) is 23.9 Å². The summed E-state index contributed by atoms with van der Waals surface area (Å²) in [6, 6.07) is 0.0916. The van der Waals surface area contributed by atoms with Gasteiger partial charge in [-0.15, -0.1) is 0 Å². The Morgan fingerprint density at radius 2 is 2.33 bits per heavy atom. The van der Waals surface area contributed by atoms with Crippen LogP contribution >= 0.6 is 0 Å². The molecular formula is C10H12BN3O. The largest absolute Gasteiger partial charge is 0.327 e. The van der Waals surface area contributed by atoms with Crippen LogP contribution in [0, 0.1) is 0 Å². The summed E-state index contributed by atoms with van der Waals surface area (Å²) in [4.78, 5) is 18.7. The molecule has 2 heterocycles. The van der Waals surface area contributed by atoms with E-state index in [0.717, 1.165) is 0 Å². The van der Waals surface area contributed by atoms with Gasteiger partial charge in [0.2, 0.25) is 0 Å². The van der Waals surface area contributed by atoms with Gasteiger partial charge in [0.15, 0.2) is 5.49 Å². The number of nitrogens with one attached hydrogen (secondary N) is 1. The SMILES string of the molecule is [B]C1=CCN=c2c([nH]c(=O)n2C(C)C)=C1. The minimum absolute atomic E-state index is 0.0916. The normalized spacial score (nSPS) is 15.0. The van der Waals surface area contributed by atoms with E-state index in [0.29, 0.717) is 22.9 Å². The maximum absolute atomic E-state index is 11.6. The molecular weight excluding hydrogens is 189 g/mol. The number of fused-ring (bicyclic) bond motifs is 1. The zero-order chi connectivity index (χ0) is 11.0. The monoisotopic (exact) mass is 201 g/mol. The van der Waals surface area contributed by atoms with Crippen molar-refractivity contribution in [3.8, 4) is 0 Å². The first kappa shape index (κ1) is 10.0. The summed E-state index contributed by atoms with van der Waals surface area (Å²) in [6.07, 6.45) is 3.56. The standard InChI is InChI=1S/C10H12BN3O/c1-6(2)14-9-8(13-10(14)15)5-7(11)3-4-12-9/h3,5-6H,4H2,1-2H3,(H,13,15). The van der Waals surface area contributed by atoms with Crippen molar-refractivity contribution in [2.75, 3.05) is 6.54 Å². The van der Waals surface area contributed by atoms with E-state index < -0.39 is 0 Å². The van der Waals surface area contributed by atoms with Gasteiger partial charge < -0.3 is 4.98 Å². The third-order valence-corrected chi connectivity index (χ3v) is 2.32. The van der Waals surface area contributed by atoms with Crippen LogP contribution in [0.4, 0.5) is 0 Å². The van der Waals surface area contributed by atoms with Gasteiger partial charge in [-0.3, -0.25) is 9.56 Å². The van der Waals surface area contributed by atoms with Crippen molar-refractivity contribution >= 4 is 13.9 Å². The molecule has 0 bridgehead atoms. The number of H-pyrrole nitrogens is 1. The summed E-state index contributed by atoms with van der Waals surface area (Å²) in [5.74, 6) is 0. The van der Waals surface area contributed by atoms with Crippen LogP contribution in [0.3, 0.4) is 0 Å². The summed E-state index contributed by atoms with van der Waals surface area (Å²) >= 11 is 0. The number of allylic oxidation sites excluding steroid dienone is 1. The predicted octanol–water partition coefficient (Wildman–Crippen LogP) is -0.777. The number of hydrogen-bond donors (Lipinski definition) is 1. The van der Waals surface area contributed by atoms with Crippen LogP contribution in [0.1, 0.15) is 19.9 Å². The number of imidazole rings is 1. The van der Waals surface area contributed by atoms with Crippen molar-refractivity contribution in [1.29, 1.82) is 0 Å². The Balaban J connectivity index is 2.82. The highest BCUT2D eigenvalue weighted by Gasteiger charge is 2.08. The fourth-order valence-electron chi connectivity index (χ4n) is 1.66. The van der Waals surface area contributed by atoms with Crippen LogP contribution in [-0.2, 0) is 0 Å². The molecule has 5 heteroatoms. The number of rotatable bonds is 1. The molecule has 15 heavy (non-hydrogen) atoms. The number of aromatic amines is 1. The first-order valence-corrected chi connectivity index (χ1v) is 4.92. The first-order chi connectivity index (χ1) is 7.09. The van der Waals surface area contributed by atoms with E-state index in [1.165, 1.54) is 0 Å². The fourth-order valence-corrected chi connectivity index (χ4v) is 1.66. The van der Waals surface area contributed by atoms with Gasteiger partial charge in [-0.05, 0) is 19.9 Å². The molecule has 1 aromatic heterocycles. The summed E-state index contributed by atoms with van der Waals surface area (Å²) in [6.45, 7) is 4.42. The van der Waals surface area contributed by atoms with Crippen molar-refractivity contribution in [2.45, 2.75) is 19.9 Å². The van der Waals surface area contributed by atoms with Gasteiger partial charge in [-0.25, -0.2) is 4.79 Å². The van der Waals surface area contributed by atoms with Crippen LogP contribution in [0.5, 0.6) is 0 Å². The van der Waals surface area contributed by atoms with Gasteiger partial charge in [0.1, 0.15) is 7.85 Å². The van der Waals surface area contributed by atoms with Crippen molar-refractivity contribution < 1.29 is 0 Å². The van der Waals surface area contributed by atoms with Gasteiger partial charge >= 0.3 is 5.69 Å². The van der Waals surface area contributed by atoms with Gasteiger partial charge in [0.05, 0.1) is 11.9 Å². The molecule has 1 aromatic rings. The molecule has 0 saturated heterocycles. The lowest BCUT2D eigenvalue weighted by molar-refractivity contribution is 0.555. The summed E-state index contributed by atoms with van der Waals surface area (Å²) in [7, 11) is 5.70. The predicted molar refractivity (Wildman–Crippen MR) is 59.4 cm³/mol. The van der Waals surface area contributed by atoms with Crippen molar-refractivity contribution in [1.82, 2.24) is 9.55 Å². The maximum atomic E-state index is 11.6. The average Bonchev–Trinajstić information content (AvgIpc) is 2.31. The summed E-state index contributed by atoms with van der Waals surface area (Å²) < 4.78 is 1.64. The van der Waals surface area contributed by atoms with Crippen LogP contribution < -0.4 is 16.5 Å². The van der Waals surface area contributed by atoms with Crippen molar-refractivity contribution in [2.24, 2.45) is 4.99 Å². The van der Waals surface area contributed by atoms with Crippen LogP contribution in [0.25, 0.3) is 6.08 Å². The van der Waals surface area contributed by atoms with E-state index in [4.69, 9.17) is 7.85 Å². The second kappa shape index (κ2) is 3.57. The molecule has 76 valence electrons. The number of hydrogen-bond acceptors (Lipinski definition) is 2. The topological polar surface area (TPSA) is 50.1 Å². The van der Waals surface area contributed by atoms with Crippen LogP contribution in [0.15, 0.2) is 21.3 Å². The molecule has 0 aromatic carbocycles. The Kier molecular flexibility index (Phi) is 2.38. The summed E-state index contributed by atoms with van der Waals surface area (Å²) in [5, 5.41) is 0.694. The smallest absolute Gasteiger partial charge is 0.304 e. The molecule has 1 N–H and O–H groups in total. The van der Waals surface area contributed by atoms with Gasteiger partial charge in [0, 0.05) is 6.04 Å². The molecule has 2 radical (unpaired) electrons. The van der Waals surface area contributed by atoms with Crippen molar-refractivity contribution in [3.63, 3.8) is 0 Å². The zero-order valence-electron chi connectivity index (χ0n) is 8.82. The molecule has 0 spiro atoms. The number of aromatic nitrogens is 2. The average molecular weight is 201 g/mol. The van der Waals surface area contributed by atoms with Gasteiger partial charge in [-0.2, -0.15) is 0 Å². The lowest BCUT2D eigenvalue weighted by Crippen LogP contribution is -2.33. The Morgan fingerprint density at radius 1 is 1.60 bits per heavy atom. The highest BCUT2D eigenvalue weighted by Crippen LogP contribution is 1.94. The van der Waals surface area contributed by atoms with Crippen LogP contribution in [0.2, 0.25) is 0 Å². The number of nitrogens with zero attached hydrogens (tertiary/aromatic N) is 2. The lowest BCUT2D eigenvalue weighted by Gasteiger charge is -2.03. The quantitative estimate of drug-likeness (QED) is 0.595. The zero-order valence-corrected chi connectivity index (χ0v) is 8.82. The van der Waals surface area contributed by atoms with E-state index in [-0.39, 0.29) is 11.7 Å². The highest BCUT2D eigenvalue weighted by atomic mass is 16.1. The highest BCUT2D eigenvalue weighted by molar-refractivity contribution is 6.26. The van der Waals surface area contributed by atoms with Crippen molar-refractivity contribution in [3.05, 3.63) is 32.9 Å². The molecule has 0 amide bonds. The molecule has 0 fully saturated rings. The fraction of sp³-hybridized carbons (Fsp3) is 0.400. The minimum Gasteiger partial charge on any atom is -0.304 e. The first-order valence-electron chi connectivity index (χ1n) is 4.92. The molecule has 2 rings (SSSR count). The molecule has 0 aliphatic carbocycles. The maximum Gasteiger partial charge on any atom is 0.327 e. The third-order valence-electron chi connectivity index (χ3n) is 2.32. The van der Waals surface area contributed by atoms with E-state index in [9.17, 15) is 4.79 Å². The van der Waals surface area contributed by atoms with E-state index in [1.807, 2.05) is 19.9 Å². The molecule has 1 aliphatic heterocycles. The summed E-state index contributed by atoms with van der Waals surface area (Å²) in [5.41, 5.74) is 1.19. The minimum atomic E-state index is -0.135. The second-order valence-electron chi connectivity index (χ2n) is 3.82. The van der Waals surface area contributed by atoms with E-state index in [1.54, 1.807) is 10.6 Å². The molecule has 0 atom stereocenters. The second-order valence-corrected chi connectivity index (χ2v) is 3.82. The van der Waals surface area contributed by atoms with Gasteiger partial charge in [0.25, 0.3) is 0 Å². The van der Waals surface area contributed by atoms with E-state index >= 15 is 0 Å². The third kappa shape index (κ3) is 1.69. The lowest BCUT2D eigenvalue weighted by atomic mass is 9.95. The Labute approximate surface area is 88.4 Å².